The summed E-state index contributed by atoms with van der Waals surface area (Å²) in [5, 5.41) is 0.914. The molecule has 2 rings (SSSR count). The molecule has 1 atom stereocenters. The van der Waals surface area contributed by atoms with Gasteiger partial charge in [-0.1, -0.05) is 51.3 Å². The van der Waals surface area contributed by atoms with Crippen molar-refractivity contribution < 1.29 is 4.39 Å². The molecular formula is C14H12BrCl2FN2. The lowest BCUT2D eigenvalue weighted by Gasteiger charge is -2.18. The molecule has 2 aromatic carbocycles. The molecule has 0 aliphatic rings. The Kier molecular flexibility index (Phi) is 5.41. The molecule has 0 saturated carbocycles. The Morgan fingerprint density at radius 1 is 1.25 bits per heavy atom. The lowest BCUT2D eigenvalue weighted by molar-refractivity contribution is 0.548. The van der Waals surface area contributed by atoms with Gasteiger partial charge in [0, 0.05) is 4.47 Å². The summed E-state index contributed by atoms with van der Waals surface area (Å²) < 4.78 is 14.1. The van der Waals surface area contributed by atoms with E-state index in [9.17, 15) is 4.39 Å². The smallest absolute Gasteiger partial charge is 0.124 e. The van der Waals surface area contributed by atoms with E-state index in [0.717, 1.165) is 11.1 Å². The molecule has 106 valence electrons. The average Bonchev–Trinajstić information content (AvgIpc) is 2.38. The topological polar surface area (TPSA) is 38.0 Å². The third-order valence-corrected chi connectivity index (χ3v) is 4.21. The molecule has 3 N–H and O–H groups in total. The Balaban J connectivity index is 2.31. The second kappa shape index (κ2) is 6.87. The zero-order chi connectivity index (χ0) is 14.7. The van der Waals surface area contributed by atoms with Crippen molar-refractivity contribution in [3.8, 4) is 0 Å². The maximum atomic E-state index is 13.4. The number of nitrogens with two attached hydrogens (primary N) is 1. The molecule has 2 aromatic rings. The molecule has 2 nitrogen and oxygen atoms in total. The van der Waals surface area contributed by atoms with Crippen molar-refractivity contribution in [2.45, 2.75) is 12.5 Å². The first-order valence-electron chi connectivity index (χ1n) is 5.86. The molecule has 0 radical (unpaired) electrons. The Hall–Kier alpha value is -0.650. The molecule has 0 aromatic heterocycles. The minimum Gasteiger partial charge on any atom is -0.271 e. The van der Waals surface area contributed by atoms with Gasteiger partial charge < -0.3 is 0 Å². The van der Waals surface area contributed by atoms with E-state index in [0.29, 0.717) is 20.9 Å². The molecule has 0 spiro atoms. The van der Waals surface area contributed by atoms with E-state index in [2.05, 4.69) is 21.4 Å². The Bertz CT molecular complexity index is 602. The SMILES string of the molecule is NNC(Cc1cc(F)cc(Br)c1)c1cccc(Cl)c1Cl. The van der Waals surface area contributed by atoms with E-state index in [-0.39, 0.29) is 11.9 Å². The van der Waals surface area contributed by atoms with E-state index in [1.54, 1.807) is 12.1 Å². The van der Waals surface area contributed by atoms with E-state index in [1.807, 2.05) is 12.1 Å². The summed E-state index contributed by atoms with van der Waals surface area (Å²) in [4.78, 5) is 0. The van der Waals surface area contributed by atoms with Crippen LogP contribution in [-0.4, -0.2) is 0 Å². The fraction of sp³-hybridized carbons (Fsp3) is 0.143. The molecule has 0 aliphatic heterocycles. The first kappa shape index (κ1) is 15.7. The first-order valence-corrected chi connectivity index (χ1v) is 7.41. The fourth-order valence-electron chi connectivity index (χ4n) is 2.01. The van der Waals surface area contributed by atoms with Gasteiger partial charge in [0.2, 0.25) is 0 Å². The molecule has 0 fully saturated rings. The van der Waals surface area contributed by atoms with Gasteiger partial charge in [0.15, 0.2) is 0 Å². The normalized spacial score (nSPS) is 12.4. The highest BCUT2D eigenvalue weighted by atomic mass is 79.9. The lowest BCUT2D eigenvalue weighted by Crippen LogP contribution is -2.29. The zero-order valence-corrected chi connectivity index (χ0v) is 13.4. The largest absolute Gasteiger partial charge is 0.271 e. The summed E-state index contributed by atoms with van der Waals surface area (Å²) in [5.41, 5.74) is 4.27. The summed E-state index contributed by atoms with van der Waals surface area (Å²) >= 11 is 15.5. The van der Waals surface area contributed by atoms with E-state index < -0.39 is 0 Å². The first-order chi connectivity index (χ1) is 9.51. The van der Waals surface area contributed by atoms with Crippen molar-refractivity contribution in [1.82, 2.24) is 5.43 Å². The van der Waals surface area contributed by atoms with Crippen LogP contribution < -0.4 is 11.3 Å². The van der Waals surface area contributed by atoms with Gasteiger partial charge in [0.1, 0.15) is 5.82 Å². The molecule has 0 amide bonds. The zero-order valence-electron chi connectivity index (χ0n) is 10.3. The van der Waals surface area contributed by atoms with Crippen LogP contribution in [0.3, 0.4) is 0 Å². The summed E-state index contributed by atoms with van der Waals surface area (Å²) in [6, 6.07) is 9.80. The van der Waals surface area contributed by atoms with Crippen LogP contribution in [0.1, 0.15) is 17.2 Å². The van der Waals surface area contributed by atoms with Gasteiger partial charge in [0.05, 0.1) is 16.1 Å². The van der Waals surface area contributed by atoms with Crippen molar-refractivity contribution in [2.24, 2.45) is 5.84 Å². The van der Waals surface area contributed by atoms with Crippen LogP contribution in [0.5, 0.6) is 0 Å². The highest BCUT2D eigenvalue weighted by Gasteiger charge is 2.16. The van der Waals surface area contributed by atoms with Gasteiger partial charge >= 0.3 is 0 Å². The minimum absolute atomic E-state index is 0.255. The highest BCUT2D eigenvalue weighted by molar-refractivity contribution is 9.10. The van der Waals surface area contributed by atoms with Crippen LogP contribution in [0.15, 0.2) is 40.9 Å². The summed E-state index contributed by atoms with van der Waals surface area (Å²) in [6.07, 6.45) is 0.493. The lowest BCUT2D eigenvalue weighted by atomic mass is 9.99. The number of nitrogens with one attached hydrogen (secondary N) is 1. The molecule has 0 saturated heterocycles. The maximum Gasteiger partial charge on any atom is 0.124 e. The van der Waals surface area contributed by atoms with Crippen molar-refractivity contribution in [3.63, 3.8) is 0 Å². The van der Waals surface area contributed by atoms with Gasteiger partial charge in [-0.3, -0.25) is 11.3 Å². The monoisotopic (exact) mass is 376 g/mol. The number of benzene rings is 2. The highest BCUT2D eigenvalue weighted by Crippen LogP contribution is 2.31. The van der Waals surface area contributed by atoms with Crippen LogP contribution in [0.2, 0.25) is 10.0 Å². The predicted octanol–water partition coefficient (Wildman–Crippen LogP) is 4.64. The van der Waals surface area contributed by atoms with Gasteiger partial charge in [-0.15, -0.1) is 0 Å². The van der Waals surface area contributed by atoms with Crippen molar-refractivity contribution in [2.75, 3.05) is 0 Å². The maximum absolute atomic E-state index is 13.4. The molecule has 6 heteroatoms. The number of hydrogen-bond donors (Lipinski definition) is 2. The number of rotatable bonds is 4. The van der Waals surface area contributed by atoms with Crippen LogP contribution in [0, 0.1) is 5.82 Å². The molecular weight excluding hydrogens is 366 g/mol. The third-order valence-electron chi connectivity index (χ3n) is 2.92. The van der Waals surface area contributed by atoms with Gasteiger partial charge in [-0.25, -0.2) is 4.39 Å². The van der Waals surface area contributed by atoms with Crippen LogP contribution in [-0.2, 0) is 6.42 Å². The van der Waals surface area contributed by atoms with Crippen molar-refractivity contribution >= 4 is 39.1 Å². The molecule has 0 heterocycles. The number of halogens is 4. The predicted molar refractivity (Wildman–Crippen MR) is 84.3 cm³/mol. The van der Waals surface area contributed by atoms with E-state index in [1.165, 1.54) is 12.1 Å². The summed E-state index contributed by atoms with van der Waals surface area (Å²) in [6.45, 7) is 0. The number of hydrazine groups is 1. The molecule has 20 heavy (non-hydrogen) atoms. The average molecular weight is 378 g/mol. The second-order valence-electron chi connectivity index (χ2n) is 4.34. The second-order valence-corrected chi connectivity index (χ2v) is 6.04. The Morgan fingerprint density at radius 2 is 2.00 bits per heavy atom. The van der Waals surface area contributed by atoms with Gasteiger partial charge in [-0.2, -0.15) is 0 Å². The minimum atomic E-state index is -0.303. The summed E-state index contributed by atoms with van der Waals surface area (Å²) in [5.74, 6) is 5.29. The summed E-state index contributed by atoms with van der Waals surface area (Å²) in [7, 11) is 0. The standard InChI is InChI=1S/C14H12BrCl2FN2/c15-9-4-8(5-10(18)7-9)6-13(20-19)11-2-1-3-12(16)14(11)17/h1-5,7,13,20H,6,19H2. The van der Waals surface area contributed by atoms with Crippen LogP contribution in [0.4, 0.5) is 4.39 Å². The molecule has 1 unspecified atom stereocenters. The number of hydrogen-bond acceptors (Lipinski definition) is 2. The van der Waals surface area contributed by atoms with Gasteiger partial charge in [0.25, 0.3) is 0 Å². The van der Waals surface area contributed by atoms with Crippen molar-refractivity contribution in [1.29, 1.82) is 0 Å². The third kappa shape index (κ3) is 3.71. The van der Waals surface area contributed by atoms with Crippen molar-refractivity contribution in [3.05, 3.63) is 67.9 Å². The Morgan fingerprint density at radius 3 is 2.65 bits per heavy atom. The van der Waals surface area contributed by atoms with Crippen LogP contribution in [0.25, 0.3) is 0 Å². The van der Waals surface area contributed by atoms with E-state index in [4.69, 9.17) is 29.0 Å². The van der Waals surface area contributed by atoms with Gasteiger partial charge in [-0.05, 0) is 41.8 Å². The molecule has 0 aliphatic carbocycles. The van der Waals surface area contributed by atoms with E-state index >= 15 is 0 Å². The van der Waals surface area contributed by atoms with Crippen LogP contribution >= 0.6 is 39.1 Å². The Labute approximate surface area is 135 Å². The molecule has 0 bridgehead atoms. The fourth-order valence-corrected chi connectivity index (χ4v) is 2.97. The quantitative estimate of drug-likeness (QED) is 0.601.